The molecule has 0 unspecified atom stereocenters. The lowest BCUT2D eigenvalue weighted by molar-refractivity contribution is -0.384. The molecule has 3 aromatic rings. The fraction of sp³-hybridized carbons (Fsp3) is 0. The minimum absolute atomic E-state index is 0.150. The molecule has 0 bridgehead atoms. The van der Waals surface area contributed by atoms with Crippen LogP contribution in [0.4, 0.5) is 5.69 Å². The number of aldehydes is 1. The van der Waals surface area contributed by atoms with E-state index in [1.54, 1.807) is 6.20 Å². The number of nitrogens with zero attached hydrogens (tertiary/aromatic N) is 3. The molecule has 6 nitrogen and oxygen atoms in total. The van der Waals surface area contributed by atoms with Crippen LogP contribution in [0.1, 0.15) is 10.4 Å². The first-order chi connectivity index (χ1) is 9.70. The summed E-state index contributed by atoms with van der Waals surface area (Å²) in [7, 11) is 0. The van der Waals surface area contributed by atoms with Crippen LogP contribution in [0.3, 0.4) is 0 Å². The molecule has 0 aliphatic carbocycles. The number of hydrogen-bond acceptors (Lipinski definition) is 4. The molecule has 20 heavy (non-hydrogen) atoms. The Hall–Kier alpha value is -3.02. The standard InChI is InChI=1S/C14H9N3O3/c18-9-10-5-6-13(14(7-10)17(19)20)16-12-4-2-1-3-11(12)8-15-16/h1-9H. The number of benzene rings is 2. The van der Waals surface area contributed by atoms with E-state index in [4.69, 9.17) is 0 Å². The van der Waals surface area contributed by atoms with Gasteiger partial charge in [-0.3, -0.25) is 14.9 Å². The zero-order valence-corrected chi connectivity index (χ0v) is 10.3. The first kappa shape index (κ1) is 12.0. The number of para-hydroxylation sites is 1. The summed E-state index contributed by atoms with van der Waals surface area (Å²) < 4.78 is 1.50. The summed E-state index contributed by atoms with van der Waals surface area (Å²) in [6, 6.07) is 11.7. The maximum atomic E-state index is 11.2. The van der Waals surface area contributed by atoms with Crippen molar-refractivity contribution in [1.29, 1.82) is 0 Å². The highest BCUT2D eigenvalue weighted by atomic mass is 16.6. The van der Waals surface area contributed by atoms with Gasteiger partial charge in [-0.15, -0.1) is 0 Å². The molecule has 98 valence electrons. The fourth-order valence-corrected chi connectivity index (χ4v) is 2.10. The van der Waals surface area contributed by atoms with E-state index in [2.05, 4.69) is 5.10 Å². The number of carbonyl (C=O) groups is 1. The summed E-state index contributed by atoms with van der Waals surface area (Å²) in [5.74, 6) is 0. The third kappa shape index (κ3) is 1.83. The average molecular weight is 267 g/mol. The molecule has 0 radical (unpaired) electrons. The molecular formula is C14H9N3O3. The molecular weight excluding hydrogens is 258 g/mol. The number of aromatic nitrogens is 2. The van der Waals surface area contributed by atoms with E-state index in [0.29, 0.717) is 12.0 Å². The Morgan fingerprint density at radius 3 is 2.75 bits per heavy atom. The van der Waals surface area contributed by atoms with Gasteiger partial charge in [0.15, 0.2) is 0 Å². The lowest BCUT2D eigenvalue weighted by Crippen LogP contribution is -2.02. The van der Waals surface area contributed by atoms with Crippen molar-refractivity contribution in [2.75, 3.05) is 0 Å². The number of nitro groups is 1. The molecule has 0 N–H and O–H groups in total. The summed E-state index contributed by atoms with van der Waals surface area (Å²) in [6.07, 6.45) is 2.23. The predicted octanol–water partition coefficient (Wildman–Crippen LogP) is 2.75. The van der Waals surface area contributed by atoms with Crippen molar-refractivity contribution in [3.63, 3.8) is 0 Å². The molecule has 2 aromatic carbocycles. The number of hydrogen-bond donors (Lipinski definition) is 0. The summed E-state index contributed by atoms with van der Waals surface area (Å²) >= 11 is 0. The van der Waals surface area contributed by atoms with Gasteiger partial charge in [0.25, 0.3) is 5.69 Å². The Labute approximate surface area is 113 Å². The van der Waals surface area contributed by atoms with Crippen LogP contribution < -0.4 is 0 Å². The van der Waals surface area contributed by atoms with Gasteiger partial charge in [-0.1, -0.05) is 18.2 Å². The van der Waals surface area contributed by atoms with E-state index >= 15 is 0 Å². The van der Waals surface area contributed by atoms with Gasteiger partial charge in [0.05, 0.1) is 16.6 Å². The molecule has 0 amide bonds. The summed E-state index contributed by atoms with van der Waals surface area (Å²) in [6.45, 7) is 0. The molecule has 0 spiro atoms. The highest BCUT2D eigenvalue weighted by Gasteiger charge is 2.18. The molecule has 0 aliphatic rings. The van der Waals surface area contributed by atoms with E-state index in [1.807, 2.05) is 24.3 Å². The zero-order valence-electron chi connectivity index (χ0n) is 10.3. The second kappa shape index (κ2) is 4.58. The average Bonchev–Trinajstić information content (AvgIpc) is 2.90. The molecule has 6 heteroatoms. The lowest BCUT2D eigenvalue weighted by atomic mass is 10.2. The molecule has 1 heterocycles. The highest BCUT2D eigenvalue weighted by molar-refractivity contribution is 5.82. The van der Waals surface area contributed by atoms with Crippen molar-refractivity contribution >= 4 is 22.9 Å². The number of carbonyl (C=O) groups excluding carboxylic acids is 1. The number of fused-ring (bicyclic) bond motifs is 1. The van der Waals surface area contributed by atoms with Gasteiger partial charge in [0.1, 0.15) is 12.0 Å². The van der Waals surface area contributed by atoms with Crippen LogP contribution in [0.5, 0.6) is 0 Å². The minimum atomic E-state index is -0.515. The van der Waals surface area contributed by atoms with Crippen molar-refractivity contribution in [3.8, 4) is 5.69 Å². The Morgan fingerprint density at radius 2 is 2.00 bits per heavy atom. The van der Waals surface area contributed by atoms with Crippen molar-refractivity contribution in [2.45, 2.75) is 0 Å². The van der Waals surface area contributed by atoms with E-state index in [-0.39, 0.29) is 11.3 Å². The first-order valence-electron chi connectivity index (χ1n) is 5.87. The molecule has 0 fully saturated rings. The highest BCUT2D eigenvalue weighted by Crippen LogP contribution is 2.26. The third-order valence-corrected chi connectivity index (χ3v) is 3.04. The smallest absolute Gasteiger partial charge is 0.295 e. The zero-order chi connectivity index (χ0) is 14.1. The van der Waals surface area contributed by atoms with Gasteiger partial charge < -0.3 is 0 Å². The van der Waals surface area contributed by atoms with Crippen LogP contribution in [-0.2, 0) is 0 Å². The Kier molecular flexibility index (Phi) is 2.76. The van der Waals surface area contributed by atoms with Crippen LogP contribution in [0.25, 0.3) is 16.6 Å². The topological polar surface area (TPSA) is 78.0 Å². The van der Waals surface area contributed by atoms with Gasteiger partial charge in [-0.25, -0.2) is 4.68 Å². The maximum Gasteiger partial charge on any atom is 0.295 e. The monoisotopic (exact) mass is 267 g/mol. The van der Waals surface area contributed by atoms with E-state index in [1.165, 1.54) is 22.9 Å². The van der Waals surface area contributed by atoms with Crippen LogP contribution in [0.2, 0.25) is 0 Å². The quantitative estimate of drug-likeness (QED) is 0.415. The predicted molar refractivity (Wildman–Crippen MR) is 73.1 cm³/mol. The van der Waals surface area contributed by atoms with E-state index in [9.17, 15) is 14.9 Å². The Bertz CT molecular complexity index is 823. The first-order valence-corrected chi connectivity index (χ1v) is 5.87. The number of rotatable bonds is 3. The SMILES string of the molecule is O=Cc1ccc(-n2ncc3ccccc32)c([N+](=O)[O-])c1. The second-order valence-corrected chi connectivity index (χ2v) is 4.24. The van der Waals surface area contributed by atoms with Crippen LogP contribution in [-0.4, -0.2) is 21.0 Å². The van der Waals surface area contributed by atoms with Crippen molar-refractivity contribution in [2.24, 2.45) is 0 Å². The van der Waals surface area contributed by atoms with Gasteiger partial charge in [-0.05, 0) is 18.2 Å². The van der Waals surface area contributed by atoms with Gasteiger partial charge in [0.2, 0.25) is 0 Å². The Balaban J connectivity index is 2.28. The maximum absolute atomic E-state index is 11.2. The summed E-state index contributed by atoms with van der Waals surface area (Å²) in [4.78, 5) is 21.4. The molecule has 0 aliphatic heterocycles. The molecule has 0 saturated heterocycles. The summed E-state index contributed by atoms with van der Waals surface area (Å²) in [5.41, 5.74) is 1.22. The van der Waals surface area contributed by atoms with Crippen LogP contribution in [0.15, 0.2) is 48.7 Å². The normalized spacial score (nSPS) is 10.6. The van der Waals surface area contributed by atoms with Crippen LogP contribution >= 0.6 is 0 Å². The Morgan fingerprint density at radius 1 is 1.20 bits per heavy atom. The van der Waals surface area contributed by atoms with Crippen LogP contribution in [0, 0.1) is 10.1 Å². The second-order valence-electron chi connectivity index (χ2n) is 4.24. The van der Waals surface area contributed by atoms with E-state index < -0.39 is 4.92 Å². The van der Waals surface area contributed by atoms with Crippen molar-refractivity contribution in [3.05, 3.63) is 64.3 Å². The lowest BCUT2D eigenvalue weighted by Gasteiger charge is -2.05. The molecule has 3 rings (SSSR count). The van der Waals surface area contributed by atoms with Gasteiger partial charge in [0, 0.05) is 17.0 Å². The minimum Gasteiger partial charge on any atom is -0.298 e. The van der Waals surface area contributed by atoms with Gasteiger partial charge >= 0.3 is 0 Å². The molecule has 0 saturated carbocycles. The summed E-state index contributed by atoms with van der Waals surface area (Å²) in [5, 5.41) is 16.2. The molecule has 0 atom stereocenters. The third-order valence-electron chi connectivity index (χ3n) is 3.04. The van der Waals surface area contributed by atoms with Gasteiger partial charge in [-0.2, -0.15) is 5.10 Å². The largest absolute Gasteiger partial charge is 0.298 e. The molecule has 1 aromatic heterocycles. The fourth-order valence-electron chi connectivity index (χ4n) is 2.10. The number of nitro benzene ring substituents is 1. The van der Waals surface area contributed by atoms with Crippen molar-refractivity contribution in [1.82, 2.24) is 9.78 Å². The van der Waals surface area contributed by atoms with Crippen molar-refractivity contribution < 1.29 is 9.72 Å². The van der Waals surface area contributed by atoms with E-state index in [0.717, 1.165) is 10.9 Å².